The Morgan fingerprint density at radius 3 is 2.23 bits per heavy atom. The van der Waals surface area contributed by atoms with Crippen LogP contribution in [0.1, 0.15) is 10.4 Å². The number of amides is 1. The highest BCUT2D eigenvalue weighted by Crippen LogP contribution is 2.25. The van der Waals surface area contributed by atoms with Crippen molar-refractivity contribution in [1.82, 2.24) is 9.21 Å². The van der Waals surface area contributed by atoms with E-state index in [1.54, 1.807) is 0 Å². The van der Waals surface area contributed by atoms with Crippen LogP contribution in [0.3, 0.4) is 0 Å². The van der Waals surface area contributed by atoms with Crippen LogP contribution in [0.5, 0.6) is 5.75 Å². The molecule has 0 atom stereocenters. The van der Waals surface area contributed by atoms with Gasteiger partial charge in [-0.2, -0.15) is 4.31 Å². The lowest BCUT2D eigenvalue weighted by Gasteiger charge is -2.34. The molecule has 1 amide bonds. The first-order valence-electron chi connectivity index (χ1n) is 8.80. The van der Waals surface area contributed by atoms with Gasteiger partial charge in [-0.15, -0.1) is 0 Å². The minimum Gasteiger partial charge on any atom is -0.496 e. The molecular weight excluding hydrogens is 437 g/mol. The predicted molar refractivity (Wildman–Crippen MR) is 105 cm³/mol. The lowest BCUT2D eigenvalue weighted by Crippen LogP contribution is -2.50. The normalized spacial score (nSPS) is 15.8. The second-order valence-electron chi connectivity index (χ2n) is 6.56. The number of benzene rings is 2. The number of carbonyl (C=O) groups is 1. The molecule has 2 aromatic rings. The number of nitrogens with zero attached hydrogens (tertiary/aromatic N) is 2. The van der Waals surface area contributed by atoms with Gasteiger partial charge in [0, 0.05) is 26.2 Å². The molecule has 2 N–H and O–H groups in total. The molecule has 1 saturated heterocycles. The molecule has 0 unspecified atom stereocenters. The van der Waals surface area contributed by atoms with Gasteiger partial charge >= 0.3 is 0 Å². The van der Waals surface area contributed by atoms with Crippen molar-refractivity contribution in [2.75, 3.05) is 33.3 Å². The fourth-order valence-electron chi connectivity index (χ4n) is 3.11. The van der Waals surface area contributed by atoms with Crippen LogP contribution in [0.25, 0.3) is 0 Å². The van der Waals surface area contributed by atoms with Crippen molar-refractivity contribution in [2.24, 2.45) is 5.14 Å². The van der Waals surface area contributed by atoms with E-state index in [-0.39, 0.29) is 47.3 Å². The molecule has 9 nitrogen and oxygen atoms in total. The summed E-state index contributed by atoms with van der Waals surface area (Å²) in [5.74, 6) is -1.01. The van der Waals surface area contributed by atoms with Crippen molar-refractivity contribution in [3.63, 3.8) is 0 Å². The second-order valence-corrected chi connectivity index (χ2v) is 10.1. The third kappa shape index (κ3) is 4.46. The fourth-order valence-corrected chi connectivity index (χ4v) is 5.10. The molecule has 1 heterocycles. The van der Waals surface area contributed by atoms with Gasteiger partial charge in [-0.25, -0.2) is 26.4 Å². The first-order chi connectivity index (χ1) is 14.0. The van der Waals surface area contributed by atoms with Gasteiger partial charge in [0.15, 0.2) is 0 Å². The smallest absolute Gasteiger partial charge is 0.257 e. The topological polar surface area (TPSA) is 127 Å². The lowest BCUT2D eigenvalue weighted by molar-refractivity contribution is 0.0694. The van der Waals surface area contributed by atoms with Gasteiger partial charge in [-0.3, -0.25) is 4.79 Å². The number of hydrogen-bond donors (Lipinski definition) is 1. The summed E-state index contributed by atoms with van der Waals surface area (Å²) < 4.78 is 68.3. The van der Waals surface area contributed by atoms with Crippen molar-refractivity contribution >= 4 is 26.0 Å². The highest BCUT2D eigenvalue weighted by Gasteiger charge is 2.31. The molecule has 0 saturated carbocycles. The van der Waals surface area contributed by atoms with E-state index >= 15 is 0 Å². The molecule has 30 heavy (non-hydrogen) atoms. The first-order valence-corrected chi connectivity index (χ1v) is 11.8. The predicted octanol–water partition coefficient (Wildman–Crippen LogP) is 0.628. The highest BCUT2D eigenvalue weighted by molar-refractivity contribution is 7.89. The average molecular weight is 458 g/mol. The van der Waals surface area contributed by atoms with E-state index < -0.39 is 31.8 Å². The van der Waals surface area contributed by atoms with E-state index in [9.17, 15) is 26.0 Å². The second kappa shape index (κ2) is 8.30. The monoisotopic (exact) mass is 457 g/mol. The van der Waals surface area contributed by atoms with Crippen molar-refractivity contribution in [3.8, 4) is 5.75 Å². The average Bonchev–Trinajstić information content (AvgIpc) is 2.72. The summed E-state index contributed by atoms with van der Waals surface area (Å²) >= 11 is 0. The fraction of sp³-hybridized carbons (Fsp3) is 0.278. The van der Waals surface area contributed by atoms with E-state index in [1.807, 2.05) is 0 Å². The Morgan fingerprint density at radius 2 is 1.67 bits per heavy atom. The number of methoxy groups -OCH3 is 1. The Hall–Kier alpha value is -2.54. The minimum atomic E-state index is -4.02. The number of piperazine rings is 1. The molecule has 12 heteroatoms. The van der Waals surface area contributed by atoms with Crippen LogP contribution in [0.4, 0.5) is 4.39 Å². The Kier molecular flexibility index (Phi) is 6.13. The largest absolute Gasteiger partial charge is 0.496 e. The third-order valence-corrected chi connectivity index (χ3v) is 7.50. The van der Waals surface area contributed by atoms with E-state index in [0.29, 0.717) is 0 Å². The molecule has 0 aromatic heterocycles. The van der Waals surface area contributed by atoms with E-state index in [4.69, 9.17) is 9.88 Å². The highest BCUT2D eigenvalue weighted by atomic mass is 32.2. The van der Waals surface area contributed by atoms with Gasteiger partial charge in [-0.05, 0) is 36.4 Å². The summed E-state index contributed by atoms with van der Waals surface area (Å²) in [6, 6.07) is 8.40. The molecule has 1 aliphatic rings. The van der Waals surface area contributed by atoms with Gasteiger partial charge in [0.1, 0.15) is 11.6 Å². The molecule has 0 aliphatic carbocycles. The third-order valence-electron chi connectivity index (χ3n) is 4.69. The number of rotatable bonds is 5. The number of halogens is 1. The molecule has 0 radical (unpaired) electrons. The van der Waals surface area contributed by atoms with Crippen molar-refractivity contribution in [1.29, 1.82) is 0 Å². The number of carbonyl (C=O) groups excluding carboxylic acids is 1. The van der Waals surface area contributed by atoms with Crippen LogP contribution in [0, 0.1) is 5.82 Å². The Balaban J connectivity index is 1.79. The quantitative estimate of drug-likeness (QED) is 0.702. The molecule has 162 valence electrons. The van der Waals surface area contributed by atoms with Crippen LogP contribution in [0.15, 0.2) is 52.3 Å². The summed E-state index contributed by atoms with van der Waals surface area (Å²) in [4.78, 5) is 13.9. The number of primary sulfonamides is 1. The molecule has 2 aromatic carbocycles. The zero-order chi connectivity index (χ0) is 22.1. The van der Waals surface area contributed by atoms with E-state index in [1.165, 1.54) is 40.6 Å². The Bertz CT molecular complexity index is 1180. The van der Waals surface area contributed by atoms with E-state index in [2.05, 4.69) is 0 Å². The Labute approximate surface area is 173 Å². The molecule has 1 fully saturated rings. The van der Waals surface area contributed by atoms with Crippen LogP contribution in [-0.2, 0) is 20.0 Å². The molecule has 0 spiro atoms. The van der Waals surface area contributed by atoms with Gasteiger partial charge in [0.2, 0.25) is 20.0 Å². The lowest BCUT2D eigenvalue weighted by atomic mass is 10.1. The number of nitrogens with two attached hydrogens (primary N) is 1. The standard InChI is InChI=1S/C18H20FN3O6S2/c1-28-17-6-5-14(29(20,24)25)12-16(17)18(23)21-7-9-22(10-8-21)30(26,27)15-4-2-3-13(19)11-15/h2-6,11-12H,7-10H2,1H3,(H2,20,24,25). The minimum absolute atomic E-state index is 0.00177. The van der Waals surface area contributed by atoms with Crippen LogP contribution in [0.2, 0.25) is 0 Å². The molecular formula is C18H20FN3O6S2. The summed E-state index contributed by atoms with van der Waals surface area (Å²) in [6.45, 7) is 0.135. The first kappa shape index (κ1) is 22.2. The van der Waals surface area contributed by atoms with Crippen LogP contribution in [-0.4, -0.2) is 65.2 Å². The Morgan fingerprint density at radius 1 is 1.00 bits per heavy atom. The van der Waals surface area contributed by atoms with Gasteiger partial charge in [-0.1, -0.05) is 6.07 Å². The molecule has 3 rings (SSSR count). The van der Waals surface area contributed by atoms with Crippen molar-refractivity contribution in [3.05, 3.63) is 53.8 Å². The number of sulfonamides is 2. The maximum absolute atomic E-state index is 13.4. The number of hydrogen-bond acceptors (Lipinski definition) is 6. The van der Waals surface area contributed by atoms with Gasteiger partial charge < -0.3 is 9.64 Å². The zero-order valence-corrected chi connectivity index (χ0v) is 17.6. The van der Waals surface area contributed by atoms with Crippen LogP contribution < -0.4 is 9.88 Å². The van der Waals surface area contributed by atoms with Crippen LogP contribution >= 0.6 is 0 Å². The zero-order valence-electron chi connectivity index (χ0n) is 16.0. The van der Waals surface area contributed by atoms with Crippen molar-refractivity contribution < 1.29 is 30.8 Å². The molecule has 1 aliphatic heterocycles. The maximum Gasteiger partial charge on any atom is 0.257 e. The molecule has 0 bridgehead atoms. The maximum atomic E-state index is 13.4. The van der Waals surface area contributed by atoms with Gasteiger partial charge in [0.25, 0.3) is 5.91 Å². The summed E-state index contributed by atoms with van der Waals surface area (Å²) in [7, 11) is -6.58. The number of ether oxygens (including phenoxy) is 1. The summed E-state index contributed by atoms with van der Waals surface area (Å²) in [5, 5.41) is 5.13. The van der Waals surface area contributed by atoms with E-state index in [0.717, 1.165) is 18.2 Å². The summed E-state index contributed by atoms with van der Waals surface area (Å²) in [6.07, 6.45) is 0. The van der Waals surface area contributed by atoms with Crippen molar-refractivity contribution in [2.45, 2.75) is 9.79 Å². The summed E-state index contributed by atoms with van der Waals surface area (Å²) in [5.41, 5.74) is 0.00506. The van der Waals surface area contributed by atoms with Gasteiger partial charge in [0.05, 0.1) is 22.5 Å². The SMILES string of the molecule is COc1ccc(S(N)(=O)=O)cc1C(=O)N1CCN(S(=O)(=O)c2cccc(F)c2)CC1.